The normalized spacial score (nSPS) is 12.1. The van der Waals surface area contributed by atoms with Crippen LogP contribution in [0.3, 0.4) is 0 Å². The fourth-order valence-electron chi connectivity index (χ4n) is 1.74. The second-order valence-electron chi connectivity index (χ2n) is 3.84. The van der Waals surface area contributed by atoms with E-state index in [1.807, 2.05) is 25.1 Å². The Balaban J connectivity index is 2.29. The highest BCUT2D eigenvalue weighted by molar-refractivity contribution is 5.87. The third kappa shape index (κ3) is 2.40. The number of aromatic nitrogens is 3. The Morgan fingerprint density at radius 2 is 2.33 bits per heavy atom. The molecule has 0 saturated carbocycles. The van der Waals surface area contributed by atoms with Crippen molar-refractivity contribution in [1.82, 2.24) is 14.5 Å². The molecule has 0 amide bonds. The Morgan fingerprint density at radius 3 is 3.00 bits per heavy atom. The van der Waals surface area contributed by atoms with Crippen LogP contribution in [0.15, 0.2) is 36.9 Å². The molecule has 18 heavy (non-hydrogen) atoms. The van der Waals surface area contributed by atoms with E-state index in [1.54, 1.807) is 24.0 Å². The maximum atomic E-state index is 11.8. The molecule has 2 aromatic rings. The summed E-state index contributed by atoms with van der Waals surface area (Å²) in [6, 6.07) is 5.63. The molecule has 2 heterocycles. The zero-order valence-electron chi connectivity index (χ0n) is 10.4. The van der Waals surface area contributed by atoms with Gasteiger partial charge in [0.25, 0.3) is 0 Å². The summed E-state index contributed by atoms with van der Waals surface area (Å²) in [5.74, 6) is -0.363. The molecule has 1 atom stereocenters. The number of hydrogen-bond donors (Lipinski definition) is 0. The third-order valence-corrected chi connectivity index (χ3v) is 2.68. The van der Waals surface area contributed by atoms with Crippen molar-refractivity contribution < 1.29 is 9.53 Å². The highest BCUT2D eigenvalue weighted by Gasteiger charge is 2.18. The van der Waals surface area contributed by atoms with Crippen LogP contribution in [0.4, 0.5) is 0 Å². The number of carbonyl (C=O) groups excluding carboxylic acids is 1. The van der Waals surface area contributed by atoms with Gasteiger partial charge in [0.15, 0.2) is 0 Å². The van der Waals surface area contributed by atoms with E-state index in [-0.39, 0.29) is 12.0 Å². The van der Waals surface area contributed by atoms with Gasteiger partial charge in [0.05, 0.1) is 30.9 Å². The molecule has 0 radical (unpaired) electrons. The summed E-state index contributed by atoms with van der Waals surface area (Å²) in [5.41, 5.74) is 1.32. The molecule has 0 fully saturated rings. The molecule has 0 aliphatic carbocycles. The summed E-state index contributed by atoms with van der Waals surface area (Å²) < 4.78 is 6.76. The van der Waals surface area contributed by atoms with Gasteiger partial charge in [-0.1, -0.05) is 6.07 Å². The quantitative estimate of drug-likeness (QED) is 0.774. The monoisotopic (exact) mass is 245 g/mol. The van der Waals surface area contributed by atoms with Crippen LogP contribution in [0.1, 0.15) is 36.1 Å². The minimum absolute atomic E-state index is 0.0619. The molecular formula is C13H15N3O2. The van der Waals surface area contributed by atoms with Crippen LogP contribution in [-0.2, 0) is 4.74 Å². The van der Waals surface area contributed by atoms with Crippen LogP contribution in [0.2, 0.25) is 0 Å². The maximum Gasteiger partial charge on any atom is 0.356 e. The Labute approximate surface area is 105 Å². The van der Waals surface area contributed by atoms with E-state index < -0.39 is 0 Å². The SMILES string of the molecule is CCOC(=O)c1cncn1C(C)c1ccccn1. The average Bonchev–Trinajstić information content (AvgIpc) is 2.88. The standard InChI is InChI=1S/C13H15N3O2/c1-3-18-13(17)12-8-14-9-16(12)10(2)11-6-4-5-7-15-11/h4-10H,3H2,1-2H3. The number of ether oxygens (including phenoxy) is 1. The molecule has 94 valence electrons. The van der Waals surface area contributed by atoms with Crippen LogP contribution in [0.5, 0.6) is 0 Å². The first kappa shape index (κ1) is 12.3. The first-order valence-electron chi connectivity index (χ1n) is 5.84. The van der Waals surface area contributed by atoms with E-state index >= 15 is 0 Å². The van der Waals surface area contributed by atoms with Crippen molar-refractivity contribution in [3.8, 4) is 0 Å². The number of rotatable bonds is 4. The van der Waals surface area contributed by atoms with Crippen LogP contribution in [-0.4, -0.2) is 27.1 Å². The minimum atomic E-state index is -0.363. The van der Waals surface area contributed by atoms with Crippen LogP contribution < -0.4 is 0 Å². The topological polar surface area (TPSA) is 57.0 Å². The fraction of sp³-hybridized carbons (Fsp3) is 0.308. The molecule has 0 saturated heterocycles. The number of imidazole rings is 1. The van der Waals surface area contributed by atoms with Gasteiger partial charge < -0.3 is 9.30 Å². The number of hydrogen-bond acceptors (Lipinski definition) is 4. The molecule has 0 aliphatic heterocycles. The predicted molar refractivity (Wildman–Crippen MR) is 66.2 cm³/mol. The van der Waals surface area contributed by atoms with Crippen LogP contribution >= 0.6 is 0 Å². The summed E-state index contributed by atoms with van der Waals surface area (Å²) in [5, 5.41) is 0. The van der Waals surface area contributed by atoms with Gasteiger partial charge in [-0.15, -0.1) is 0 Å². The van der Waals surface area contributed by atoms with Gasteiger partial charge in [-0.05, 0) is 26.0 Å². The van der Waals surface area contributed by atoms with Crippen molar-refractivity contribution >= 4 is 5.97 Å². The van der Waals surface area contributed by atoms with E-state index in [2.05, 4.69) is 9.97 Å². The summed E-state index contributed by atoms with van der Waals surface area (Å²) >= 11 is 0. The smallest absolute Gasteiger partial charge is 0.356 e. The fourth-order valence-corrected chi connectivity index (χ4v) is 1.74. The van der Waals surface area contributed by atoms with Crippen LogP contribution in [0.25, 0.3) is 0 Å². The Morgan fingerprint density at radius 1 is 1.50 bits per heavy atom. The lowest BCUT2D eigenvalue weighted by molar-refractivity contribution is 0.0512. The molecule has 5 nitrogen and oxygen atoms in total. The maximum absolute atomic E-state index is 11.8. The lowest BCUT2D eigenvalue weighted by atomic mass is 10.2. The number of carbonyl (C=O) groups is 1. The first-order chi connectivity index (χ1) is 8.74. The summed E-state index contributed by atoms with van der Waals surface area (Å²) in [6.45, 7) is 4.09. The largest absolute Gasteiger partial charge is 0.461 e. The Bertz CT molecular complexity index is 522. The van der Waals surface area contributed by atoms with E-state index in [9.17, 15) is 4.79 Å². The molecule has 0 aliphatic rings. The molecule has 0 N–H and O–H groups in total. The lowest BCUT2D eigenvalue weighted by Gasteiger charge is -2.15. The summed E-state index contributed by atoms with van der Waals surface area (Å²) in [7, 11) is 0. The molecule has 0 bridgehead atoms. The van der Waals surface area contributed by atoms with E-state index in [0.29, 0.717) is 12.3 Å². The molecule has 2 aromatic heterocycles. The molecule has 2 rings (SSSR count). The van der Waals surface area contributed by atoms with Gasteiger partial charge >= 0.3 is 5.97 Å². The first-order valence-corrected chi connectivity index (χ1v) is 5.84. The van der Waals surface area contributed by atoms with Crippen LogP contribution in [0, 0.1) is 0 Å². The zero-order chi connectivity index (χ0) is 13.0. The van der Waals surface area contributed by atoms with Gasteiger partial charge in [0, 0.05) is 6.20 Å². The number of esters is 1. The zero-order valence-corrected chi connectivity index (χ0v) is 10.4. The van der Waals surface area contributed by atoms with Gasteiger partial charge in [-0.25, -0.2) is 9.78 Å². The third-order valence-electron chi connectivity index (χ3n) is 2.68. The van der Waals surface area contributed by atoms with E-state index in [1.165, 1.54) is 6.20 Å². The van der Waals surface area contributed by atoms with Crippen molar-refractivity contribution in [2.24, 2.45) is 0 Å². The summed E-state index contributed by atoms with van der Waals surface area (Å²) in [6.07, 6.45) is 4.86. The van der Waals surface area contributed by atoms with Crippen molar-refractivity contribution in [3.05, 3.63) is 48.3 Å². The van der Waals surface area contributed by atoms with E-state index in [0.717, 1.165) is 5.69 Å². The van der Waals surface area contributed by atoms with Gasteiger partial charge in [0.1, 0.15) is 5.69 Å². The average molecular weight is 245 g/mol. The van der Waals surface area contributed by atoms with Crippen molar-refractivity contribution in [3.63, 3.8) is 0 Å². The highest BCUT2D eigenvalue weighted by Crippen LogP contribution is 2.17. The van der Waals surface area contributed by atoms with E-state index in [4.69, 9.17) is 4.74 Å². The highest BCUT2D eigenvalue weighted by atomic mass is 16.5. The molecule has 0 spiro atoms. The molecule has 5 heteroatoms. The second-order valence-corrected chi connectivity index (χ2v) is 3.84. The van der Waals surface area contributed by atoms with Crippen molar-refractivity contribution in [1.29, 1.82) is 0 Å². The van der Waals surface area contributed by atoms with Gasteiger partial charge in [-0.3, -0.25) is 4.98 Å². The number of pyridine rings is 1. The van der Waals surface area contributed by atoms with Crippen molar-refractivity contribution in [2.45, 2.75) is 19.9 Å². The second kappa shape index (κ2) is 5.44. The number of nitrogens with zero attached hydrogens (tertiary/aromatic N) is 3. The minimum Gasteiger partial charge on any atom is -0.461 e. The van der Waals surface area contributed by atoms with Crippen molar-refractivity contribution in [2.75, 3.05) is 6.61 Å². The summed E-state index contributed by atoms with van der Waals surface area (Å²) in [4.78, 5) is 20.0. The Kier molecular flexibility index (Phi) is 3.72. The van der Waals surface area contributed by atoms with Gasteiger partial charge in [-0.2, -0.15) is 0 Å². The molecular weight excluding hydrogens is 230 g/mol. The molecule has 1 unspecified atom stereocenters. The Hall–Kier alpha value is -2.17. The van der Waals surface area contributed by atoms with Gasteiger partial charge in [0.2, 0.25) is 0 Å². The lowest BCUT2D eigenvalue weighted by Crippen LogP contribution is -2.16. The molecule has 0 aromatic carbocycles. The predicted octanol–water partition coefficient (Wildman–Crippen LogP) is 2.06.